The van der Waals surface area contributed by atoms with Gasteiger partial charge >= 0.3 is 0 Å². The van der Waals surface area contributed by atoms with Gasteiger partial charge in [-0.3, -0.25) is 9.48 Å². The fourth-order valence-corrected chi connectivity index (χ4v) is 1.92. The Bertz CT molecular complexity index is 361. The van der Waals surface area contributed by atoms with Crippen molar-refractivity contribution >= 4 is 21.7 Å². The van der Waals surface area contributed by atoms with Crippen molar-refractivity contribution in [1.82, 2.24) is 9.78 Å². The normalized spacial score (nSPS) is 11.1. The van der Waals surface area contributed by atoms with Crippen LogP contribution < -0.4 is 0 Å². The summed E-state index contributed by atoms with van der Waals surface area (Å²) in [6.07, 6.45) is 2.05. The summed E-state index contributed by atoms with van der Waals surface area (Å²) in [5.74, 6) is 0.0616. The number of ketones is 1. The van der Waals surface area contributed by atoms with Crippen molar-refractivity contribution in [2.24, 2.45) is 0 Å². The quantitative estimate of drug-likeness (QED) is 0.597. The average Bonchev–Trinajstić information content (AvgIpc) is 2.60. The lowest BCUT2D eigenvalue weighted by Gasteiger charge is -2.10. The van der Waals surface area contributed by atoms with Crippen molar-refractivity contribution in [2.75, 3.05) is 13.2 Å². The molecule has 4 nitrogen and oxygen atoms in total. The molecule has 0 radical (unpaired) electrons. The third-order valence-electron chi connectivity index (χ3n) is 2.18. The molecular weight excluding hydrogens is 272 g/mol. The molecule has 90 valence electrons. The fourth-order valence-electron chi connectivity index (χ4n) is 1.42. The van der Waals surface area contributed by atoms with Crippen molar-refractivity contribution in [3.05, 3.63) is 16.4 Å². The number of rotatable bonds is 6. The Labute approximate surface area is 104 Å². The van der Waals surface area contributed by atoms with Gasteiger partial charge in [0.05, 0.1) is 17.3 Å². The predicted molar refractivity (Wildman–Crippen MR) is 65.8 cm³/mol. The molecule has 0 saturated carbocycles. The Morgan fingerprint density at radius 1 is 1.62 bits per heavy atom. The van der Waals surface area contributed by atoms with Crippen molar-refractivity contribution < 1.29 is 9.53 Å². The van der Waals surface area contributed by atoms with Gasteiger partial charge in [-0.2, -0.15) is 5.10 Å². The van der Waals surface area contributed by atoms with Crippen LogP contribution in [0.2, 0.25) is 0 Å². The summed E-state index contributed by atoms with van der Waals surface area (Å²) >= 11 is 3.35. The molecule has 0 aliphatic heterocycles. The molecule has 0 atom stereocenters. The summed E-state index contributed by atoms with van der Waals surface area (Å²) in [4.78, 5) is 12.0. The van der Waals surface area contributed by atoms with E-state index < -0.39 is 0 Å². The number of hydrogen-bond acceptors (Lipinski definition) is 3. The van der Waals surface area contributed by atoms with Gasteiger partial charge in [-0.05, 0) is 36.7 Å². The molecule has 16 heavy (non-hydrogen) atoms. The standard InChI is InChI=1S/C11H17BrN2O2/c1-4-16-6-5-10(15)11-9(12)7-13-14(11)8(2)3/h7-8H,4-6H2,1-3H3. The summed E-state index contributed by atoms with van der Waals surface area (Å²) in [6.45, 7) is 7.01. The maximum atomic E-state index is 12.0. The number of halogens is 1. The molecular formula is C11H17BrN2O2. The molecule has 0 amide bonds. The van der Waals surface area contributed by atoms with Gasteiger partial charge in [0.25, 0.3) is 0 Å². The lowest BCUT2D eigenvalue weighted by molar-refractivity contribution is 0.0883. The van der Waals surface area contributed by atoms with E-state index in [0.717, 1.165) is 4.47 Å². The largest absolute Gasteiger partial charge is 0.381 e. The zero-order chi connectivity index (χ0) is 12.1. The highest BCUT2D eigenvalue weighted by Gasteiger charge is 2.18. The van der Waals surface area contributed by atoms with E-state index in [9.17, 15) is 4.79 Å². The molecule has 5 heteroatoms. The molecule has 0 bridgehead atoms. The Balaban J connectivity index is 2.77. The Hall–Kier alpha value is -0.680. The van der Waals surface area contributed by atoms with E-state index in [-0.39, 0.29) is 11.8 Å². The van der Waals surface area contributed by atoms with Gasteiger partial charge in [-0.15, -0.1) is 0 Å². The monoisotopic (exact) mass is 288 g/mol. The number of carbonyl (C=O) groups excluding carboxylic acids is 1. The molecule has 0 unspecified atom stereocenters. The Morgan fingerprint density at radius 3 is 2.88 bits per heavy atom. The molecule has 0 aliphatic carbocycles. The SMILES string of the molecule is CCOCCC(=O)c1c(Br)cnn1C(C)C. The number of nitrogens with zero attached hydrogens (tertiary/aromatic N) is 2. The van der Waals surface area contributed by atoms with Crippen LogP contribution in [0.5, 0.6) is 0 Å². The Morgan fingerprint density at radius 2 is 2.31 bits per heavy atom. The molecule has 0 aromatic carbocycles. The van der Waals surface area contributed by atoms with Crippen molar-refractivity contribution in [3.63, 3.8) is 0 Å². The second kappa shape index (κ2) is 6.15. The first-order valence-corrected chi connectivity index (χ1v) is 6.21. The minimum absolute atomic E-state index is 0.0616. The molecule has 1 aromatic rings. The van der Waals surface area contributed by atoms with E-state index in [2.05, 4.69) is 21.0 Å². The molecule has 1 aromatic heterocycles. The first-order valence-electron chi connectivity index (χ1n) is 5.41. The molecule has 0 spiro atoms. The van der Waals surface area contributed by atoms with Gasteiger partial charge in [-0.1, -0.05) is 0 Å². The molecule has 1 heterocycles. The van der Waals surface area contributed by atoms with Crippen LogP contribution in [0.3, 0.4) is 0 Å². The maximum Gasteiger partial charge on any atom is 0.184 e. The molecule has 1 rings (SSSR count). The van der Waals surface area contributed by atoms with E-state index in [1.807, 2.05) is 20.8 Å². The number of aromatic nitrogens is 2. The second-order valence-electron chi connectivity index (χ2n) is 3.75. The summed E-state index contributed by atoms with van der Waals surface area (Å²) < 4.78 is 7.66. The van der Waals surface area contributed by atoms with E-state index in [4.69, 9.17) is 4.74 Å². The van der Waals surface area contributed by atoms with Gasteiger partial charge in [0, 0.05) is 19.1 Å². The van der Waals surface area contributed by atoms with Crippen LogP contribution in [-0.4, -0.2) is 28.8 Å². The van der Waals surface area contributed by atoms with Crippen LogP contribution in [0.4, 0.5) is 0 Å². The molecule has 0 aliphatic rings. The van der Waals surface area contributed by atoms with E-state index in [1.165, 1.54) is 0 Å². The highest BCUT2D eigenvalue weighted by molar-refractivity contribution is 9.10. The second-order valence-corrected chi connectivity index (χ2v) is 4.60. The number of hydrogen-bond donors (Lipinski definition) is 0. The van der Waals surface area contributed by atoms with Gasteiger partial charge in [0.15, 0.2) is 5.78 Å². The third-order valence-corrected chi connectivity index (χ3v) is 2.76. The van der Waals surface area contributed by atoms with Crippen LogP contribution in [-0.2, 0) is 4.74 Å². The lowest BCUT2D eigenvalue weighted by Crippen LogP contribution is -2.14. The van der Waals surface area contributed by atoms with E-state index in [0.29, 0.717) is 25.3 Å². The van der Waals surface area contributed by atoms with Gasteiger partial charge in [0.1, 0.15) is 5.69 Å². The average molecular weight is 289 g/mol. The smallest absolute Gasteiger partial charge is 0.184 e. The van der Waals surface area contributed by atoms with Gasteiger partial charge < -0.3 is 4.74 Å². The fraction of sp³-hybridized carbons (Fsp3) is 0.636. The summed E-state index contributed by atoms with van der Waals surface area (Å²) in [6, 6.07) is 0.178. The summed E-state index contributed by atoms with van der Waals surface area (Å²) in [7, 11) is 0. The highest BCUT2D eigenvalue weighted by atomic mass is 79.9. The maximum absolute atomic E-state index is 12.0. The van der Waals surface area contributed by atoms with Crippen molar-refractivity contribution in [1.29, 1.82) is 0 Å². The third kappa shape index (κ3) is 3.15. The number of carbonyl (C=O) groups is 1. The van der Waals surface area contributed by atoms with Gasteiger partial charge in [-0.25, -0.2) is 0 Å². The van der Waals surface area contributed by atoms with Crippen LogP contribution in [0.1, 0.15) is 43.7 Å². The zero-order valence-corrected chi connectivity index (χ0v) is 11.5. The minimum atomic E-state index is 0.0616. The predicted octanol–water partition coefficient (Wildman–Crippen LogP) is 2.84. The summed E-state index contributed by atoms with van der Waals surface area (Å²) in [5, 5.41) is 4.17. The topological polar surface area (TPSA) is 44.1 Å². The van der Waals surface area contributed by atoms with Gasteiger partial charge in [0.2, 0.25) is 0 Å². The number of Topliss-reactive ketones (excluding diaryl/α,β-unsaturated/α-hetero) is 1. The number of ether oxygens (including phenoxy) is 1. The zero-order valence-electron chi connectivity index (χ0n) is 9.86. The van der Waals surface area contributed by atoms with Crippen LogP contribution in [0, 0.1) is 0 Å². The van der Waals surface area contributed by atoms with E-state index >= 15 is 0 Å². The summed E-state index contributed by atoms with van der Waals surface area (Å²) in [5.41, 5.74) is 0.634. The van der Waals surface area contributed by atoms with E-state index in [1.54, 1.807) is 10.9 Å². The highest BCUT2D eigenvalue weighted by Crippen LogP contribution is 2.20. The minimum Gasteiger partial charge on any atom is -0.381 e. The molecule has 0 saturated heterocycles. The lowest BCUT2D eigenvalue weighted by atomic mass is 10.2. The molecule has 0 N–H and O–H groups in total. The van der Waals surface area contributed by atoms with Crippen molar-refractivity contribution in [3.8, 4) is 0 Å². The molecule has 0 fully saturated rings. The van der Waals surface area contributed by atoms with Crippen molar-refractivity contribution in [2.45, 2.75) is 33.2 Å². The first kappa shape index (κ1) is 13.4. The Kier molecular flexibility index (Phi) is 5.15. The first-order chi connectivity index (χ1) is 7.57. The van der Waals surface area contributed by atoms with Crippen LogP contribution in [0.15, 0.2) is 10.7 Å². The van der Waals surface area contributed by atoms with Crippen LogP contribution in [0.25, 0.3) is 0 Å². The van der Waals surface area contributed by atoms with Crippen LogP contribution >= 0.6 is 15.9 Å².